The summed E-state index contributed by atoms with van der Waals surface area (Å²) in [5.74, 6) is -0.100. The summed E-state index contributed by atoms with van der Waals surface area (Å²) < 4.78 is 0. The zero-order valence-electron chi connectivity index (χ0n) is 15.3. The first-order chi connectivity index (χ1) is 13.6. The van der Waals surface area contributed by atoms with Crippen molar-refractivity contribution in [3.63, 3.8) is 0 Å². The first-order valence-corrected chi connectivity index (χ1v) is 9.11. The van der Waals surface area contributed by atoms with Crippen LogP contribution in [0.4, 0.5) is 0 Å². The van der Waals surface area contributed by atoms with Crippen LogP contribution < -0.4 is 5.32 Å². The van der Waals surface area contributed by atoms with Crippen molar-refractivity contribution in [1.29, 1.82) is 0 Å². The molecule has 0 aromatic heterocycles. The molecule has 0 atom stereocenters. The molecule has 140 valence electrons. The quantitative estimate of drug-likeness (QED) is 0.674. The van der Waals surface area contributed by atoms with Gasteiger partial charge in [-0.15, -0.1) is 0 Å². The summed E-state index contributed by atoms with van der Waals surface area (Å²) >= 11 is 0. The van der Waals surface area contributed by atoms with Gasteiger partial charge in [0, 0.05) is 25.2 Å². The lowest BCUT2D eigenvalue weighted by Gasteiger charge is -2.15. The molecule has 0 saturated carbocycles. The monoisotopic (exact) mass is 372 g/mol. The number of phenolic OH excluding ortho intramolecular Hbond substituents is 1. The lowest BCUT2D eigenvalue weighted by Crippen LogP contribution is -2.34. The van der Waals surface area contributed by atoms with Gasteiger partial charge in [-0.05, 0) is 51.7 Å². The summed E-state index contributed by atoms with van der Waals surface area (Å²) in [6.45, 7) is 4.77. The highest BCUT2D eigenvalue weighted by molar-refractivity contribution is 6.02. The zero-order valence-corrected chi connectivity index (χ0v) is 15.3. The minimum Gasteiger partial charge on any atom is -0.508 e. The largest absolute Gasteiger partial charge is 0.508 e. The number of hydrogen-bond donors (Lipinski definition) is 2. The molecule has 5 nitrogen and oxygen atoms in total. The van der Waals surface area contributed by atoms with Crippen molar-refractivity contribution in [3.05, 3.63) is 78.4 Å². The third kappa shape index (κ3) is 3.22. The standard InChI is InChI=1S/C23H20N2O3/c1-2-22(27)24-9-10-25-14-17-8-7-16(12-21(17)23(25)28)20-13-18(26)11-15-5-3-4-6-19(15)20/h2-8,11-13,26H,1,9-10,14H2,(H,24,27). The predicted octanol–water partition coefficient (Wildman–Crippen LogP) is 3.47. The van der Waals surface area contributed by atoms with Gasteiger partial charge in [-0.2, -0.15) is 0 Å². The van der Waals surface area contributed by atoms with Crippen LogP contribution in [0.2, 0.25) is 0 Å². The molecule has 1 aliphatic rings. The number of carbonyl (C=O) groups is 2. The van der Waals surface area contributed by atoms with Crippen LogP contribution in [0.15, 0.2) is 67.3 Å². The summed E-state index contributed by atoms with van der Waals surface area (Å²) in [5, 5.41) is 14.8. The third-order valence-corrected chi connectivity index (χ3v) is 5.01. The van der Waals surface area contributed by atoms with E-state index in [4.69, 9.17) is 0 Å². The highest BCUT2D eigenvalue weighted by Crippen LogP contribution is 2.35. The molecule has 3 aromatic rings. The van der Waals surface area contributed by atoms with Crippen LogP contribution in [-0.2, 0) is 11.3 Å². The molecule has 0 radical (unpaired) electrons. The van der Waals surface area contributed by atoms with Crippen LogP contribution in [0.3, 0.4) is 0 Å². The van der Waals surface area contributed by atoms with Crippen molar-refractivity contribution in [1.82, 2.24) is 10.2 Å². The lowest BCUT2D eigenvalue weighted by atomic mass is 9.95. The highest BCUT2D eigenvalue weighted by atomic mass is 16.3. The van der Waals surface area contributed by atoms with E-state index in [9.17, 15) is 14.7 Å². The Labute approximate surface area is 162 Å². The molecule has 2 N–H and O–H groups in total. The summed E-state index contributed by atoms with van der Waals surface area (Å²) in [5.41, 5.74) is 3.41. The second kappa shape index (κ2) is 7.19. The number of phenols is 1. The highest BCUT2D eigenvalue weighted by Gasteiger charge is 2.27. The Bertz CT molecular complexity index is 1100. The number of amides is 2. The number of fused-ring (bicyclic) bond motifs is 2. The molecule has 1 heterocycles. The van der Waals surface area contributed by atoms with Gasteiger partial charge in [0.25, 0.3) is 5.91 Å². The fourth-order valence-corrected chi connectivity index (χ4v) is 3.63. The molecule has 0 saturated heterocycles. The Balaban J connectivity index is 1.63. The minimum absolute atomic E-state index is 0.0471. The van der Waals surface area contributed by atoms with E-state index in [-0.39, 0.29) is 17.6 Å². The molecule has 3 aromatic carbocycles. The molecule has 0 aliphatic carbocycles. The number of nitrogens with one attached hydrogen (secondary N) is 1. The van der Waals surface area contributed by atoms with Gasteiger partial charge in [-0.3, -0.25) is 9.59 Å². The number of rotatable bonds is 5. The second-order valence-electron chi connectivity index (χ2n) is 6.81. The first-order valence-electron chi connectivity index (χ1n) is 9.11. The van der Waals surface area contributed by atoms with Gasteiger partial charge >= 0.3 is 0 Å². The van der Waals surface area contributed by atoms with Crippen LogP contribution in [0.5, 0.6) is 5.75 Å². The van der Waals surface area contributed by atoms with E-state index in [1.54, 1.807) is 17.0 Å². The molecule has 1 aliphatic heterocycles. The number of nitrogens with zero attached hydrogens (tertiary/aromatic N) is 1. The summed E-state index contributed by atoms with van der Waals surface area (Å²) in [6.07, 6.45) is 1.21. The molecule has 4 rings (SSSR count). The summed E-state index contributed by atoms with van der Waals surface area (Å²) in [7, 11) is 0. The molecule has 0 fully saturated rings. The van der Waals surface area contributed by atoms with Crippen molar-refractivity contribution in [2.24, 2.45) is 0 Å². The van der Waals surface area contributed by atoms with Crippen LogP contribution >= 0.6 is 0 Å². The smallest absolute Gasteiger partial charge is 0.254 e. The van der Waals surface area contributed by atoms with E-state index in [1.165, 1.54) is 6.08 Å². The topological polar surface area (TPSA) is 69.6 Å². The molecular formula is C23H20N2O3. The van der Waals surface area contributed by atoms with Gasteiger partial charge in [-0.1, -0.05) is 43.0 Å². The maximum Gasteiger partial charge on any atom is 0.254 e. The van der Waals surface area contributed by atoms with E-state index in [2.05, 4.69) is 11.9 Å². The number of benzene rings is 3. The van der Waals surface area contributed by atoms with Crippen LogP contribution in [0, 0.1) is 0 Å². The molecular weight excluding hydrogens is 352 g/mol. The molecule has 0 spiro atoms. The van der Waals surface area contributed by atoms with Crippen molar-refractivity contribution >= 4 is 22.6 Å². The van der Waals surface area contributed by atoms with Crippen molar-refractivity contribution < 1.29 is 14.7 Å². The maximum atomic E-state index is 12.8. The van der Waals surface area contributed by atoms with E-state index in [0.717, 1.165) is 27.5 Å². The van der Waals surface area contributed by atoms with Gasteiger partial charge in [0.2, 0.25) is 5.91 Å². The summed E-state index contributed by atoms with van der Waals surface area (Å²) in [4.78, 5) is 25.8. The van der Waals surface area contributed by atoms with E-state index >= 15 is 0 Å². The van der Waals surface area contributed by atoms with Gasteiger partial charge in [0.1, 0.15) is 5.75 Å². The van der Waals surface area contributed by atoms with Gasteiger partial charge in [0.05, 0.1) is 0 Å². The maximum absolute atomic E-state index is 12.8. The Morgan fingerprint density at radius 3 is 2.79 bits per heavy atom. The predicted molar refractivity (Wildman–Crippen MR) is 109 cm³/mol. The summed E-state index contributed by atoms with van der Waals surface area (Å²) in [6, 6.07) is 17.1. The van der Waals surface area contributed by atoms with Crippen molar-refractivity contribution in [2.45, 2.75) is 6.54 Å². The first kappa shape index (κ1) is 17.8. The Morgan fingerprint density at radius 1 is 1.14 bits per heavy atom. The number of aromatic hydroxyl groups is 1. The third-order valence-electron chi connectivity index (χ3n) is 5.01. The van der Waals surface area contributed by atoms with Gasteiger partial charge in [0.15, 0.2) is 0 Å². The van der Waals surface area contributed by atoms with Crippen LogP contribution in [0.1, 0.15) is 15.9 Å². The van der Waals surface area contributed by atoms with Gasteiger partial charge < -0.3 is 15.3 Å². The van der Waals surface area contributed by atoms with Crippen molar-refractivity contribution in [3.8, 4) is 16.9 Å². The fraction of sp³-hybridized carbons (Fsp3) is 0.130. The molecule has 2 amide bonds. The van der Waals surface area contributed by atoms with Crippen LogP contribution in [-0.4, -0.2) is 34.9 Å². The van der Waals surface area contributed by atoms with Gasteiger partial charge in [-0.25, -0.2) is 0 Å². The molecule has 5 heteroatoms. The normalized spacial score (nSPS) is 12.9. The minimum atomic E-state index is -0.248. The van der Waals surface area contributed by atoms with E-state index in [0.29, 0.717) is 25.2 Å². The Kier molecular flexibility index (Phi) is 4.57. The van der Waals surface area contributed by atoms with E-state index in [1.807, 2.05) is 42.5 Å². The SMILES string of the molecule is C=CC(=O)NCCN1Cc2ccc(-c3cc(O)cc4ccccc34)cc2C1=O. The lowest BCUT2D eigenvalue weighted by molar-refractivity contribution is -0.116. The Morgan fingerprint density at radius 2 is 1.96 bits per heavy atom. The molecule has 28 heavy (non-hydrogen) atoms. The second-order valence-corrected chi connectivity index (χ2v) is 6.81. The van der Waals surface area contributed by atoms with E-state index < -0.39 is 0 Å². The number of carbonyl (C=O) groups excluding carboxylic acids is 2. The number of hydrogen-bond acceptors (Lipinski definition) is 3. The fourth-order valence-electron chi connectivity index (χ4n) is 3.63. The Hall–Kier alpha value is -3.60. The van der Waals surface area contributed by atoms with Crippen LogP contribution in [0.25, 0.3) is 21.9 Å². The zero-order chi connectivity index (χ0) is 19.7. The average molecular weight is 372 g/mol. The molecule has 0 bridgehead atoms. The average Bonchev–Trinajstić information content (AvgIpc) is 3.02. The van der Waals surface area contributed by atoms with Crippen molar-refractivity contribution in [2.75, 3.05) is 13.1 Å². The molecule has 0 unspecified atom stereocenters.